The molecule has 1 aromatic rings. The molecule has 3 nitrogen and oxygen atoms in total. The highest BCUT2D eigenvalue weighted by Gasteiger charge is 2.45. The maximum atomic E-state index is 12.5. The highest BCUT2D eigenvalue weighted by Crippen LogP contribution is 2.51. The molecule has 0 aliphatic heterocycles. The van der Waals surface area contributed by atoms with Gasteiger partial charge in [-0.15, -0.1) is 0 Å². The minimum atomic E-state index is -0.398. The molecular formula is C11H16FN3. The van der Waals surface area contributed by atoms with E-state index in [9.17, 15) is 4.39 Å². The zero-order chi connectivity index (χ0) is 10.9. The lowest BCUT2D eigenvalue weighted by molar-refractivity contribution is 0.379. The maximum Gasteiger partial charge on any atom is 0.222 e. The number of rotatable bonds is 4. The third-order valence-corrected chi connectivity index (χ3v) is 3.34. The second-order valence-corrected chi connectivity index (χ2v) is 4.60. The maximum absolute atomic E-state index is 12.5. The summed E-state index contributed by atoms with van der Waals surface area (Å²) in [7, 11) is 0. The van der Waals surface area contributed by atoms with Crippen LogP contribution in [0.25, 0.3) is 0 Å². The average Bonchev–Trinajstić information content (AvgIpc) is 2.98. The van der Waals surface area contributed by atoms with E-state index in [-0.39, 0.29) is 0 Å². The van der Waals surface area contributed by atoms with E-state index < -0.39 is 5.82 Å². The van der Waals surface area contributed by atoms with Gasteiger partial charge in [0, 0.05) is 6.54 Å². The van der Waals surface area contributed by atoms with Gasteiger partial charge in [-0.2, -0.15) is 0 Å². The van der Waals surface area contributed by atoms with Gasteiger partial charge in [0.25, 0.3) is 0 Å². The molecule has 1 heterocycles. The lowest BCUT2D eigenvalue weighted by Crippen LogP contribution is -2.21. The fourth-order valence-corrected chi connectivity index (χ4v) is 1.78. The summed E-state index contributed by atoms with van der Waals surface area (Å²) in [5, 5.41) is 3.17. The number of hydrogen-bond donors (Lipinski definition) is 1. The minimum Gasteiger partial charge on any atom is -0.354 e. The van der Waals surface area contributed by atoms with Crippen LogP contribution in [-0.4, -0.2) is 16.5 Å². The van der Waals surface area contributed by atoms with Gasteiger partial charge >= 0.3 is 0 Å². The van der Waals surface area contributed by atoms with Crippen LogP contribution in [0.15, 0.2) is 12.4 Å². The molecule has 0 radical (unpaired) electrons. The van der Waals surface area contributed by atoms with Gasteiger partial charge in [0.05, 0.1) is 12.4 Å². The number of nitrogens with one attached hydrogen (secondary N) is 1. The molecule has 1 aliphatic carbocycles. The molecule has 4 heteroatoms. The van der Waals surface area contributed by atoms with Crippen LogP contribution < -0.4 is 5.32 Å². The Labute approximate surface area is 89.1 Å². The van der Waals surface area contributed by atoms with E-state index in [4.69, 9.17) is 0 Å². The van der Waals surface area contributed by atoms with Crippen molar-refractivity contribution < 1.29 is 4.39 Å². The largest absolute Gasteiger partial charge is 0.354 e. The van der Waals surface area contributed by atoms with Gasteiger partial charge in [0.2, 0.25) is 5.95 Å². The Balaban J connectivity index is 1.91. The van der Waals surface area contributed by atoms with Gasteiger partial charge in [0.15, 0.2) is 5.82 Å². The van der Waals surface area contributed by atoms with Crippen LogP contribution in [-0.2, 0) is 0 Å². The van der Waals surface area contributed by atoms with Gasteiger partial charge in [-0.1, -0.05) is 13.8 Å². The van der Waals surface area contributed by atoms with E-state index in [1.165, 1.54) is 25.2 Å². The second kappa shape index (κ2) is 3.76. The Morgan fingerprint density at radius 3 is 2.47 bits per heavy atom. The molecule has 0 atom stereocenters. The standard InChI is InChI=1S/C11H16FN3/c1-8(2)11(3-4-11)7-15-10-13-5-9(12)6-14-10/h5-6,8H,3-4,7H2,1-2H3,(H,13,14,15). The minimum absolute atomic E-state index is 0.398. The van der Waals surface area contributed by atoms with E-state index in [2.05, 4.69) is 29.1 Å². The quantitative estimate of drug-likeness (QED) is 0.827. The lowest BCUT2D eigenvalue weighted by Gasteiger charge is -2.19. The normalized spacial score (nSPS) is 17.9. The van der Waals surface area contributed by atoms with Gasteiger partial charge in [-0.25, -0.2) is 14.4 Å². The number of nitrogens with zero attached hydrogens (tertiary/aromatic N) is 2. The second-order valence-electron chi connectivity index (χ2n) is 4.60. The Hall–Kier alpha value is -1.19. The molecule has 0 aromatic carbocycles. The average molecular weight is 209 g/mol. The third-order valence-electron chi connectivity index (χ3n) is 3.34. The summed E-state index contributed by atoms with van der Waals surface area (Å²) in [4.78, 5) is 7.74. The molecule has 0 unspecified atom stereocenters. The Morgan fingerprint density at radius 1 is 1.40 bits per heavy atom. The number of anilines is 1. The summed E-state index contributed by atoms with van der Waals surface area (Å²) in [6, 6.07) is 0. The molecular weight excluding hydrogens is 193 g/mol. The van der Waals surface area contributed by atoms with Crippen molar-refractivity contribution in [3.8, 4) is 0 Å². The van der Waals surface area contributed by atoms with E-state index in [1.807, 2.05) is 0 Å². The van der Waals surface area contributed by atoms with Crippen LogP contribution >= 0.6 is 0 Å². The third kappa shape index (κ3) is 2.25. The van der Waals surface area contributed by atoms with Crippen molar-refractivity contribution in [3.63, 3.8) is 0 Å². The smallest absolute Gasteiger partial charge is 0.222 e. The van der Waals surface area contributed by atoms with E-state index >= 15 is 0 Å². The summed E-state index contributed by atoms with van der Waals surface area (Å²) in [5.74, 6) is 0.791. The molecule has 0 bridgehead atoms. The van der Waals surface area contributed by atoms with Crippen LogP contribution in [0.2, 0.25) is 0 Å². The van der Waals surface area contributed by atoms with E-state index in [0.29, 0.717) is 17.3 Å². The Kier molecular flexibility index (Phi) is 2.59. The molecule has 1 saturated carbocycles. The molecule has 1 aromatic heterocycles. The van der Waals surface area contributed by atoms with Crippen LogP contribution in [0.4, 0.5) is 10.3 Å². The summed E-state index contributed by atoms with van der Waals surface area (Å²) < 4.78 is 12.5. The van der Waals surface area contributed by atoms with E-state index in [1.54, 1.807) is 0 Å². The highest BCUT2D eigenvalue weighted by molar-refractivity contribution is 5.24. The number of halogens is 1. The zero-order valence-electron chi connectivity index (χ0n) is 9.13. The monoisotopic (exact) mass is 209 g/mol. The van der Waals surface area contributed by atoms with Crippen molar-refractivity contribution in [2.75, 3.05) is 11.9 Å². The van der Waals surface area contributed by atoms with Crippen molar-refractivity contribution in [2.45, 2.75) is 26.7 Å². The fraction of sp³-hybridized carbons (Fsp3) is 0.636. The lowest BCUT2D eigenvalue weighted by atomic mass is 9.92. The first-order valence-electron chi connectivity index (χ1n) is 5.34. The van der Waals surface area contributed by atoms with Gasteiger partial charge in [-0.3, -0.25) is 0 Å². The number of hydrogen-bond acceptors (Lipinski definition) is 3. The topological polar surface area (TPSA) is 37.8 Å². The summed E-state index contributed by atoms with van der Waals surface area (Å²) >= 11 is 0. The molecule has 0 spiro atoms. The van der Waals surface area contributed by atoms with Gasteiger partial charge < -0.3 is 5.32 Å². The van der Waals surface area contributed by atoms with Crippen LogP contribution in [0.1, 0.15) is 26.7 Å². The van der Waals surface area contributed by atoms with Crippen molar-refractivity contribution in [3.05, 3.63) is 18.2 Å². The predicted molar refractivity (Wildman–Crippen MR) is 57.0 cm³/mol. The van der Waals surface area contributed by atoms with Crippen LogP contribution in [0, 0.1) is 17.2 Å². The molecule has 1 aliphatic rings. The van der Waals surface area contributed by atoms with Crippen molar-refractivity contribution >= 4 is 5.95 Å². The van der Waals surface area contributed by atoms with Crippen LogP contribution in [0.3, 0.4) is 0 Å². The van der Waals surface area contributed by atoms with Crippen LogP contribution in [0.5, 0.6) is 0 Å². The molecule has 0 amide bonds. The van der Waals surface area contributed by atoms with Crippen molar-refractivity contribution in [2.24, 2.45) is 11.3 Å². The van der Waals surface area contributed by atoms with E-state index in [0.717, 1.165) is 6.54 Å². The van der Waals surface area contributed by atoms with Crippen molar-refractivity contribution in [1.82, 2.24) is 9.97 Å². The fourth-order valence-electron chi connectivity index (χ4n) is 1.78. The highest BCUT2D eigenvalue weighted by atomic mass is 19.1. The molecule has 82 valence electrons. The van der Waals surface area contributed by atoms with Gasteiger partial charge in [0.1, 0.15) is 0 Å². The molecule has 1 fully saturated rings. The molecule has 0 saturated heterocycles. The van der Waals surface area contributed by atoms with Crippen molar-refractivity contribution in [1.29, 1.82) is 0 Å². The Morgan fingerprint density at radius 2 is 2.00 bits per heavy atom. The first kappa shape index (κ1) is 10.3. The first-order valence-corrected chi connectivity index (χ1v) is 5.34. The summed E-state index contributed by atoms with van der Waals surface area (Å²) in [5.41, 5.74) is 0.414. The Bertz CT molecular complexity index is 330. The predicted octanol–water partition coefficient (Wildman–Crippen LogP) is 2.46. The van der Waals surface area contributed by atoms with Gasteiger partial charge in [-0.05, 0) is 24.2 Å². The summed E-state index contributed by atoms with van der Waals surface area (Å²) in [6.45, 7) is 5.36. The molecule has 1 N–H and O–H groups in total. The first-order chi connectivity index (χ1) is 7.12. The molecule has 2 rings (SSSR count). The number of aromatic nitrogens is 2. The summed E-state index contributed by atoms with van der Waals surface area (Å²) in [6.07, 6.45) is 4.90. The molecule has 15 heavy (non-hydrogen) atoms. The zero-order valence-corrected chi connectivity index (χ0v) is 9.13. The SMILES string of the molecule is CC(C)C1(CNc2ncc(F)cn2)CC1.